The van der Waals surface area contributed by atoms with E-state index in [-0.39, 0.29) is 0 Å². The first kappa shape index (κ1) is 10.3. The van der Waals surface area contributed by atoms with E-state index < -0.39 is 25.5 Å². The molecule has 0 aromatic rings. The van der Waals surface area contributed by atoms with E-state index in [1.807, 2.05) is 0 Å². The van der Waals surface area contributed by atoms with Gasteiger partial charge in [0, 0.05) is 0 Å². The summed E-state index contributed by atoms with van der Waals surface area (Å²) in [6, 6.07) is 0. The number of hydrogen-bond acceptors (Lipinski definition) is 5. The van der Waals surface area contributed by atoms with Crippen LogP contribution >= 0.6 is 0 Å². The Labute approximate surface area is 62.8 Å². The van der Waals surface area contributed by atoms with Gasteiger partial charge in [0.15, 0.2) is 0 Å². The number of carbonyl (C=O) groups is 1. The Balaban J connectivity index is 4.83. The third kappa shape index (κ3) is 3.87. The number of primary amides is 1. The molecule has 0 saturated carbocycles. The number of hydrogen-bond donors (Lipinski definition) is 3. The van der Waals surface area contributed by atoms with Crippen molar-refractivity contribution >= 4 is 25.5 Å². The molecule has 0 aromatic carbocycles. The number of nitrogens with two attached hydrogens (primary N) is 2. The third-order valence-corrected chi connectivity index (χ3v) is 2.83. The van der Waals surface area contributed by atoms with Crippen molar-refractivity contribution in [3.63, 3.8) is 0 Å². The third-order valence-electron chi connectivity index (χ3n) is 0.491. The molecule has 0 rings (SSSR count). The first-order valence-corrected chi connectivity index (χ1v) is 5.04. The fourth-order valence-electron chi connectivity index (χ4n) is 0.194. The molecule has 0 saturated heterocycles. The summed E-state index contributed by atoms with van der Waals surface area (Å²) in [6.07, 6.45) is 0. The number of amides is 1. The Morgan fingerprint density at radius 3 is 1.64 bits per heavy atom. The van der Waals surface area contributed by atoms with Crippen molar-refractivity contribution in [1.82, 2.24) is 4.13 Å². The first-order chi connectivity index (χ1) is 4.65. The SMILES string of the molecule is NC(=O)S(=O)(=O)NS(N)(=O)=O. The van der Waals surface area contributed by atoms with Crippen LogP contribution in [0.1, 0.15) is 0 Å². The lowest BCUT2D eigenvalue weighted by atomic mass is 11.5. The Hall–Kier alpha value is -0.710. The van der Waals surface area contributed by atoms with E-state index in [1.54, 1.807) is 0 Å². The quantitative estimate of drug-likeness (QED) is 0.442. The number of rotatable bonds is 2. The van der Waals surface area contributed by atoms with Gasteiger partial charge in [0.25, 0.3) is 10.2 Å². The van der Waals surface area contributed by atoms with Gasteiger partial charge in [-0.25, -0.2) is 13.6 Å². The van der Waals surface area contributed by atoms with Crippen LogP contribution in [-0.4, -0.2) is 22.1 Å². The Morgan fingerprint density at radius 1 is 1.18 bits per heavy atom. The lowest BCUT2D eigenvalue weighted by Crippen LogP contribution is -2.41. The Bertz CT molecular complexity index is 349. The summed E-state index contributed by atoms with van der Waals surface area (Å²) in [5.74, 6) is 0. The number of sulfonamides is 1. The molecule has 0 aromatic heterocycles. The molecule has 1 amide bonds. The molecule has 5 N–H and O–H groups in total. The molecule has 0 bridgehead atoms. The van der Waals surface area contributed by atoms with Crippen molar-refractivity contribution < 1.29 is 21.6 Å². The summed E-state index contributed by atoms with van der Waals surface area (Å²) in [5, 5.41) is 2.42. The van der Waals surface area contributed by atoms with Crippen molar-refractivity contribution in [3.05, 3.63) is 0 Å². The van der Waals surface area contributed by atoms with Crippen molar-refractivity contribution in [2.24, 2.45) is 10.9 Å². The maximum atomic E-state index is 10.3. The average molecular weight is 203 g/mol. The van der Waals surface area contributed by atoms with E-state index in [9.17, 15) is 21.6 Å². The molecule has 0 aliphatic rings. The molecule has 0 fully saturated rings. The summed E-state index contributed by atoms with van der Waals surface area (Å²) in [6.45, 7) is 0. The second kappa shape index (κ2) is 2.73. The van der Waals surface area contributed by atoms with Gasteiger partial charge in [-0.2, -0.15) is 8.42 Å². The summed E-state index contributed by atoms with van der Waals surface area (Å²) in [7, 11) is -9.15. The lowest BCUT2D eigenvalue weighted by molar-refractivity contribution is 0.265. The normalized spacial score (nSPS) is 12.8. The van der Waals surface area contributed by atoms with Crippen molar-refractivity contribution in [3.8, 4) is 0 Å². The number of carbonyl (C=O) groups excluding carboxylic acids is 1. The van der Waals surface area contributed by atoms with E-state index in [1.165, 1.54) is 0 Å². The summed E-state index contributed by atoms with van der Waals surface area (Å²) in [5.41, 5.74) is 4.27. The molecular formula is CH5N3O5S2. The summed E-state index contributed by atoms with van der Waals surface area (Å²) < 4.78 is 41.5. The first-order valence-electron chi connectivity index (χ1n) is 2.01. The second-order valence-corrected chi connectivity index (χ2v) is 4.62. The van der Waals surface area contributed by atoms with E-state index in [2.05, 4.69) is 10.9 Å². The second-order valence-electron chi connectivity index (χ2n) is 1.45. The van der Waals surface area contributed by atoms with Crippen LogP contribution in [0.4, 0.5) is 4.79 Å². The molecule has 0 aliphatic carbocycles. The predicted molar refractivity (Wildman–Crippen MR) is 34.7 cm³/mol. The van der Waals surface area contributed by atoms with Crippen LogP contribution < -0.4 is 15.0 Å². The van der Waals surface area contributed by atoms with Gasteiger partial charge < -0.3 is 5.73 Å². The van der Waals surface area contributed by atoms with Crippen LogP contribution in [0.3, 0.4) is 0 Å². The van der Waals surface area contributed by atoms with Crippen LogP contribution in [0, 0.1) is 0 Å². The van der Waals surface area contributed by atoms with Gasteiger partial charge in [0.2, 0.25) is 0 Å². The Kier molecular flexibility index (Phi) is 2.55. The summed E-state index contributed by atoms with van der Waals surface area (Å²) in [4.78, 5) is 9.95. The van der Waals surface area contributed by atoms with Crippen LogP contribution in [0.5, 0.6) is 0 Å². The Morgan fingerprint density at radius 2 is 1.55 bits per heavy atom. The van der Waals surface area contributed by atoms with Gasteiger partial charge in [-0.15, -0.1) is 0 Å². The zero-order chi connectivity index (χ0) is 9.28. The molecule has 11 heavy (non-hydrogen) atoms. The fourth-order valence-corrected chi connectivity index (χ4v) is 1.75. The van der Waals surface area contributed by atoms with E-state index in [0.29, 0.717) is 0 Å². The zero-order valence-corrected chi connectivity index (χ0v) is 6.65. The molecule has 0 aliphatic heterocycles. The molecule has 8 nitrogen and oxygen atoms in total. The van der Waals surface area contributed by atoms with Gasteiger partial charge in [0.05, 0.1) is 0 Å². The average Bonchev–Trinajstić information content (AvgIpc) is 1.56. The topological polar surface area (TPSA) is 149 Å². The molecule has 0 radical (unpaired) electrons. The van der Waals surface area contributed by atoms with Crippen LogP contribution in [0.15, 0.2) is 0 Å². The van der Waals surface area contributed by atoms with Crippen molar-refractivity contribution in [1.29, 1.82) is 0 Å². The van der Waals surface area contributed by atoms with Gasteiger partial charge in [-0.1, -0.05) is 4.13 Å². The largest absolute Gasteiger partial charge is 0.355 e. The minimum Gasteiger partial charge on any atom is -0.355 e. The number of nitrogens with one attached hydrogen (secondary N) is 1. The van der Waals surface area contributed by atoms with E-state index in [0.717, 1.165) is 4.13 Å². The minimum absolute atomic E-state index is 0.843. The van der Waals surface area contributed by atoms with E-state index >= 15 is 0 Å². The zero-order valence-electron chi connectivity index (χ0n) is 5.01. The maximum absolute atomic E-state index is 10.3. The minimum atomic E-state index is -4.68. The van der Waals surface area contributed by atoms with Crippen molar-refractivity contribution in [2.45, 2.75) is 0 Å². The smallest absolute Gasteiger partial charge is 0.350 e. The monoisotopic (exact) mass is 203 g/mol. The van der Waals surface area contributed by atoms with Crippen molar-refractivity contribution in [2.75, 3.05) is 0 Å². The molecule has 0 spiro atoms. The lowest BCUT2D eigenvalue weighted by Gasteiger charge is -1.97. The maximum Gasteiger partial charge on any atom is 0.350 e. The molecule has 0 heterocycles. The van der Waals surface area contributed by atoms with Crippen LogP contribution in [-0.2, 0) is 20.2 Å². The van der Waals surface area contributed by atoms with Gasteiger partial charge >= 0.3 is 15.3 Å². The highest BCUT2D eigenvalue weighted by Crippen LogP contribution is 1.83. The predicted octanol–water partition coefficient (Wildman–Crippen LogP) is -2.81. The van der Waals surface area contributed by atoms with Gasteiger partial charge in [-0.05, 0) is 0 Å². The highest BCUT2D eigenvalue weighted by atomic mass is 32.3. The van der Waals surface area contributed by atoms with Gasteiger partial charge in [-0.3, -0.25) is 4.79 Å². The molecule has 10 heteroatoms. The highest BCUT2D eigenvalue weighted by Gasteiger charge is 2.22. The molecule has 66 valence electrons. The summed E-state index contributed by atoms with van der Waals surface area (Å²) >= 11 is 0. The highest BCUT2D eigenvalue weighted by molar-refractivity contribution is 8.12. The standard InChI is InChI=1S/CH5N3O5S2/c2-1(5)10(6,7)4-11(3,8)9/h4H,(H2,2,5)(H2,3,8,9). The fraction of sp³-hybridized carbons (Fsp3) is 0. The molecule has 0 unspecified atom stereocenters. The van der Waals surface area contributed by atoms with Crippen LogP contribution in [0.2, 0.25) is 0 Å². The van der Waals surface area contributed by atoms with Gasteiger partial charge in [0.1, 0.15) is 0 Å². The van der Waals surface area contributed by atoms with Crippen LogP contribution in [0.25, 0.3) is 0 Å². The van der Waals surface area contributed by atoms with E-state index in [4.69, 9.17) is 0 Å². The molecular weight excluding hydrogens is 198 g/mol. The molecule has 0 atom stereocenters.